The Morgan fingerprint density at radius 1 is 1.30 bits per heavy atom. The van der Waals surface area contributed by atoms with Gasteiger partial charge in [-0.15, -0.1) is 0 Å². The molecule has 1 aromatic rings. The summed E-state index contributed by atoms with van der Waals surface area (Å²) >= 11 is 2.04. The maximum Gasteiger partial charge on any atom is 0.138 e. The summed E-state index contributed by atoms with van der Waals surface area (Å²) in [6.45, 7) is 4.18. The highest BCUT2D eigenvalue weighted by Crippen LogP contribution is 2.29. The van der Waals surface area contributed by atoms with E-state index in [0.717, 1.165) is 41.1 Å². The van der Waals surface area contributed by atoms with Crippen LogP contribution in [-0.2, 0) is 12.2 Å². The van der Waals surface area contributed by atoms with Gasteiger partial charge in [0.2, 0.25) is 0 Å². The van der Waals surface area contributed by atoms with Crippen LogP contribution < -0.4 is 5.73 Å². The molecule has 0 bridgehead atoms. The van der Waals surface area contributed by atoms with E-state index in [1.807, 2.05) is 11.8 Å². The van der Waals surface area contributed by atoms with Crippen LogP contribution in [0.25, 0.3) is 0 Å². The summed E-state index contributed by atoms with van der Waals surface area (Å²) in [5.74, 6) is 1.93. The lowest BCUT2D eigenvalue weighted by atomic mass is 10.0. The van der Waals surface area contributed by atoms with Crippen molar-refractivity contribution in [3.8, 4) is 0 Å². The first-order valence-electron chi connectivity index (χ1n) is 7.88. The highest BCUT2D eigenvalue weighted by atomic mass is 32.2. The van der Waals surface area contributed by atoms with E-state index in [1.165, 1.54) is 32.1 Å². The van der Waals surface area contributed by atoms with Gasteiger partial charge in [-0.1, -0.05) is 26.2 Å². The molecule has 0 aromatic carbocycles. The number of thioether (sulfide) groups is 1. The van der Waals surface area contributed by atoms with Gasteiger partial charge in [0.25, 0.3) is 0 Å². The minimum atomic E-state index is 0.211. The Hall–Kier alpha value is -0.610. The highest BCUT2D eigenvalue weighted by Gasteiger charge is 2.15. The number of hydrogen-bond acceptors (Lipinski definition) is 4. The van der Waals surface area contributed by atoms with Crippen LogP contribution >= 0.6 is 11.8 Å². The lowest BCUT2D eigenvalue weighted by Crippen LogP contribution is -2.22. The zero-order valence-electron chi connectivity index (χ0n) is 12.8. The molecule has 112 valence electrons. The Morgan fingerprint density at radius 2 is 2.05 bits per heavy atom. The van der Waals surface area contributed by atoms with Gasteiger partial charge in [0, 0.05) is 29.1 Å². The largest absolute Gasteiger partial charge is 0.327 e. The third-order valence-electron chi connectivity index (χ3n) is 3.95. The lowest BCUT2D eigenvalue weighted by molar-refractivity contribution is 0.516. The Balaban J connectivity index is 1.92. The van der Waals surface area contributed by atoms with Crippen molar-refractivity contribution >= 4 is 11.8 Å². The predicted molar refractivity (Wildman–Crippen MR) is 86.9 cm³/mol. The van der Waals surface area contributed by atoms with E-state index < -0.39 is 0 Å². The number of rotatable bonds is 6. The molecule has 2 rings (SSSR count). The normalized spacial score (nSPS) is 18.1. The van der Waals surface area contributed by atoms with Crippen LogP contribution in [0.1, 0.15) is 62.7 Å². The SMILES string of the molecule is CCC(N)Cc1cc(C)nc(CSC2CCCCC2)n1. The molecule has 0 saturated heterocycles. The van der Waals surface area contributed by atoms with E-state index in [0.29, 0.717) is 0 Å². The summed E-state index contributed by atoms with van der Waals surface area (Å²) in [7, 11) is 0. The van der Waals surface area contributed by atoms with Crippen molar-refractivity contribution in [1.29, 1.82) is 0 Å². The molecule has 1 unspecified atom stereocenters. The average Bonchev–Trinajstić information content (AvgIpc) is 2.45. The second-order valence-electron chi connectivity index (χ2n) is 5.86. The van der Waals surface area contributed by atoms with Crippen molar-refractivity contribution in [2.45, 2.75) is 75.8 Å². The Kier molecular flexibility index (Phi) is 6.30. The summed E-state index contributed by atoms with van der Waals surface area (Å²) in [6.07, 6.45) is 8.78. The minimum absolute atomic E-state index is 0.211. The number of nitrogens with zero attached hydrogens (tertiary/aromatic N) is 2. The molecule has 1 saturated carbocycles. The number of hydrogen-bond donors (Lipinski definition) is 1. The Bertz CT molecular complexity index is 416. The molecule has 1 aliphatic carbocycles. The van der Waals surface area contributed by atoms with Gasteiger partial charge in [0.15, 0.2) is 0 Å². The van der Waals surface area contributed by atoms with Crippen molar-refractivity contribution in [2.24, 2.45) is 5.73 Å². The van der Waals surface area contributed by atoms with Gasteiger partial charge in [0.1, 0.15) is 5.82 Å². The maximum absolute atomic E-state index is 6.03. The van der Waals surface area contributed by atoms with E-state index in [-0.39, 0.29) is 6.04 Å². The van der Waals surface area contributed by atoms with Crippen LogP contribution in [0.15, 0.2) is 6.07 Å². The first-order chi connectivity index (χ1) is 9.67. The zero-order chi connectivity index (χ0) is 14.4. The zero-order valence-corrected chi connectivity index (χ0v) is 13.6. The average molecular weight is 293 g/mol. The fourth-order valence-corrected chi connectivity index (χ4v) is 3.89. The van der Waals surface area contributed by atoms with Gasteiger partial charge in [-0.05, 0) is 32.3 Å². The Morgan fingerprint density at radius 3 is 2.75 bits per heavy atom. The molecule has 0 spiro atoms. The van der Waals surface area contributed by atoms with Crippen LogP contribution in [0, 0.1) is 6.92 Å². The van der Waals surface area contributed by atoms with E-state index >= 15 is 0 Å². The predicted octanol–water partition coefficient (Wildman–Crippen LogP) is 3.63. The van der Waals surface area contributed by atoms with E-state index in [1.54, 1.807) is 0 Å². The first kappa shape index (κ1) is 15.8. The summed E-state index contributed by atoms with van der Waals surface area (Å²) in [5, 5.41) is 0.814. The van der Waals surface area contributed by atoms with Gasteiger partial charge in [-0.3, -0.25) is 0 Å². The van der Waals surface area contributed by atoms with Gasteiger partial charge in [-0.25, -0.2) is 9.97 Å². The van der Waals surface area contributed by atoms with E-state index in [4.69, 9.17) is 10.7 Å². The van der Waals surface area contributed by atoms with Crippen molar-refractivity contribution in [2.75, 3.05) is 0 Å². The molecule has 1 atom stereocenters. The smallest absolute Gasteiger partial charge is 0.138 e. The van der Waals surface area contributed by atoms with Crippen molar-refractivity contribution in [3.05, 3.63) is 23.3 Å². The van der Waals surface area contributed by atoms with Crippen molar-refractivity contribution in [1.82, 2.24) is 9.97 Å². The number of nitrogens with two attached hydrogens (primary N) is 1. The number of aryl methyl sites for hydroxylation is 1. The molecular weight excluding hydrogens is 266 g/mol. The fourth-order valence-electron chi connectivity index (χ4n) is 2.71. The van der Waals surface area contributed by atoms with Crippen LogP contribution in [0.4, 0.5) is 0 Å². The quantitative estimate of drug-likeness (QED) is 0.870. The molecule has 1 fully saturated rings. The summed E-state index contributed by atoms with van der Waals surface area (Å²) in [6, 6.07) is 2.28. The molecule has 1 aliphatic rings. The third kappa shape index (κ3) is 5.06. The monoisotopic (exact) mass is 293 g/mol. The maximum atomic E-state index is 6.03. The second kappa shape index (κ2) is 7.99. The van der Waals surface area contributed by atoms with Crippen molar-refractivity contribution < 1.29 is 0 Å². The van der Waals surface area contributed by atoms with Gasteiger partial charge < -0.3 is 5.73 Å². The van der Waals surface area contributed by atoms with Crippen LogP contribution in [-0.4, -0.2) is 21.3 Å². The molecule has 3 nitrogen and oxygen atoms in total. The van der Waals surface area contributed by atoms with Crippen molar-refractivity contribution in [3.63, 3.8) is 0 Å². The molecule has 0 amide bonds. The molecule has 0 aliphatic heterocycles. The summed E-state index contributed by atoms with van der Waals surface area (Å²) in [4.78, 5) is 9.27. The van der Waals surface area contributed by atoms with Crippen LogP contribution in [0.5, 0.6) is 0 Å². The van der Waals surface area contributed by atoms with E-state index in [9.17, 15) is 0 Å². The second-order valence-corrected chi connectivity index (χ2v) is 7.15. The summed E-state index contributed by atoms with van der Waals surface area (Å²) < 4.78 is 0. The van der Waals surface area contributed by atoms with Crippen LogP contribution in [0.3, 0.4) is 0 Å². The standard InChI is InChI=1S/C16H27N3S/c1-3-13(17)10-14-9-12(2)18-16(19-14)11-20-15-7-5-4-6-8-15/h9,13,15H,3-8,10-11,17H2,1-2H3. The topological polar surface area (TPSA) is 51.8 Å². The first-order valence-corrected chi connectivity index (χ1v) is 8.93. The van der Waals surface area contributed by atoms with E-state index in [2.05, 4.69) is 24.9 Å². The minimum Gasteiger partial charge on any atom is -0.327 e. The third-order valence-corrected chi connectivity index (χ3v) is 5.32. The molecule has 0 radical (unpaired) electrons. The molecule has 2 N–H and O–H groups in total. The highest BCUT2D eigenvalue weighted by molar-refractivity contribution is 7.99. The molecule has 20 heavy (non-hydrogen) atoms. The molecule has 1 aromatic heterocycles. The van der Waals surface area contributed by atoms with Crippen LogP contribution in [0.2, 0.25) is 0 Å². The fraction of sp³-hybridized carbons (Fsp3) is 0.750. The van der Waals surface area contributed by atoms with Gasteiger partial charge in [0.05, 0.1) is 5.75 Å². The molecule has 1 heterocycles. The number of aromatic nitrogens is 2. The van der Waals surface area contributed by atoms with Gasteiger partial charge >= 0.3 is 0 Å². The summed E-state index contributed by atoms with van der Waals surface area (Å²) in [5.41, 5.74) is 8.20. The van der Waals surface area contributed by atoms with Gasteiger partial charge in [-0.2, -0.15) is 11.8 Å². The molecule has 4 heteroatoms. The molecular formula is C16H27N3S. The Labute approximate surface area is 127 Å². The lowest BCUT2D eigenvalue weighted by Gasteiger charge is -2.20.